The molecule has 7 heteroatoms. The Kier molecular flexibility index (Phi) is 5.04. The van der Waals surface area contributed by atoms with E-state index in [1.165, 1.54) is 12.4 Å². The van der Waals surface area contributed by atoms with Crippen molar-refractivity contribution in [2.75, 3.05) is 6.54 Å². The monoisotopic (exact) mass is 251 g/mol. The van der Waals surface area contributed by atoms with E-state index in [0.717, 1.165) is 0 Å². The third kappa shape index (κ3) is 3.69. The maximum atomic E-state index is 12.2. The Morgan fingerprint density at radius 1 is 1.56 bits per heavy atom. The number of rotatable bonds is 5. The van der Waals surface area contributed by atoms with Crippen LogP contribution in [0.15, 0.2) is 23.6 Å². The second-order valence-corrected chi connectivity index (χ2v) is 4.06. The molecule has 0 aliphatic carbocycles. The summed E-state index contributed by atoms with van der Waals surface area (Å²) in [4.78, 5) is 13.8. The molecule has 0 unspecified atom stereocenters. The molecule has 1 heterocycles. The summed E-state index contributed by atoms with van der Waals surface area (Å²) in [5.74, 6) is -0.0491. The first-order chi connectivity index (χ1) is 8.56. The summed E-state index contributed by atoms with van der Waals surface area (Å²) in [6, 6.07) is 1.62. The van der Waals surface area contributed by atoms with Gasteiger partial charge in [-0.1, -0.05) is 5.16 Å². The molecule has 0 radical (unpaired) electrons. The number of hydrogen-bond acceptors (Lipinski definition) is 5. The summed E-state index contributed by atoms with van der Waals surface area (Å²) >= 11 is 0. The van der Waals surface area contributed by atoms with Crippen molar-refractivity contribution in [3.63, 3.8) is 0 Å². The molecular weight excluding hydrogens is 234 g/mol. The SMILES string of the molecule is CC(C)N(CC/C(N)=N/O)C(=O)c1ccnnc1. The van der Waals surface area contributed by atoms with Crippen LogP contribution < -0.4 is 5.73 Å². The lowest BCUT2D eigenvalue weighted by Crippen LogP contribution is -2.39. The normalized spacial score (nSPS) is 11.6. The number of oxime groups is 1. The number of carbonyl (C=O) groups is 1. The zero-order valence-corrected chi connectivity index (χ0v) is 10.4. The van der Waals surface area contributed by atoms with Crippen LogP contribution in [0.2, 0.25) is 0 Å². The predicted octanol–water partition coefficient (Wildman–Crippen LogP) is 0.464. The van der Waals surface area contributed by atoms with Gasteiger partial charge >= 0.3 is 0 Å². The zero-order valence-electron chi connectivity index (χ0n) is 10.4. The van der Waals surface area contributed by atoms with Gasteiger partial charge in [-0.3, -0.25) is 4.79 Å². The van der Waals surface area contributed by atoms with Crippen molar-refractivity contribution in [1.29, 1.82) is 0 Å². The molecule has 0 fully saturated rings. The van der Waals surface area contributed by atoms with Gasteiger partial charge in [-0.15, -0.1) is 0 Å². The van der Waals surface area contributed by atoms with E-state index < -0.39 is 0 Å². The van der Waals surface area contributed by atoms with E-state index in [1.807, 2.05) is 13.8 Å². The van der Waals surface area contributed by atoms with E-state index >= 15 is 0 Å². The van der Waals surface area contributed by atoms with Crippen LogP contribution in [0.3, 0.4) is 0 Å². The Balaban J connectivity index is 2.76. The molecule has 98 valence electrons. The number of hydrogen-bond donors (Lipinski definition) is 2. The number of nitrogens with two attached hydrogens (primary N) is 1. The van der Waals surface area contributed by atoms with Gasteiger partial charge in [0, 0.05) is 19.0 Å². The molecular formula is C11H17N5O2. The highest BCUT2D eigenvalue weighted by molar-refractivity contribution is 5.94. The number of aromatic nitrogens is 2. The Hall–Kier alpha value is -2.18. The van der Waals surface area contributed by atoms with E-state index in [0.29, 0.717) is 18.5 Å². The van der Waals surface area contributed by atoms with Gasteiger partial charge < -0.3 is 15.8 Å². The van der Waals surface area contributed by atoms with Crippen LogP contribution in [0.1, 0.15) is 30.6 Å². The lowest BCUT2D eigenvalue weighted by atomic mass is 10.2. The van der Waals surface area contributed by atoms with Gasteiger partial charge in [-0.2, -0.15) is 10.2 Å². The lowest BCUT2D eigenvalue weighted by Gasteiger charge is -2.26. The van der Waals surface area contributed by atoms with Crippen molar-refractivity contribution >= 4 is 11.7 Å². The summed E-state index contributed by atoms with van der Waals surface area (Å²) < 4.78 is 0. The Morgan fingerprint density at radius 3 is 2.78 bits per heavy atom. The highest BCUT2D eigenvalue weighted by Gasteiger charge is 2.19. The first kappa shape index (κ1) is 13.9. The van der Waals surface area contributed by atoms with Crippen LogP contribution in [0.4, 0.5) is 0 Å². The van der Waals surface area contributed by atoms with Gasteiger partial charge in [0.2, 0.25) is 0 Å². The first-order valence-electron chi connectivity index (χ1n) is 5.60. The molecule has 18 heavy (non-hydrogen) atoms. The Labute approximate surface area is 105 Å². The molecule has 0 bridgehead atoms. The maximum absolute atomic E-state index is 12.2. The van der Waals surface area contributed by atoms with Gasteiger partial charge in [0.15, 0.2) is 0 Å². The number of amidine groups is 1. The Bertz CT molecular complexity index is 419. The second kappa shape index (κ2) is 6.53. The topological polar surface area (TPSA) is 105 Å². The van der Waals surface area contributed by atoms with Crippen LogP contribution in [-0.2, 0) is 0 Å². The molecule has 0 saturated carbocycles. The van der Waals surface area contributed by atoms with Crippen LogP contribution in [0, 0.1) is 0 Å². The fourth-order valence-electron chi connectivity index (χ4n) is 1.46. The van der Waals surface area contributed by atoms with E-state index in [-0.39, 0.29) is 17.8 Å². The minimum absolute atomic E-state index is 0.0113. The molecule has 1 aromatic rings. The van der Waals surface area contributed by atoms with Crippen molar-refractivity contribution in [1.82, 2.24) is 15.1 Å². The summed E-state index contributed by atoms with van der Waals surface area (Å²) in [6.45, 7) is 4.19. The molecule has 0 aliphatic rings. The fourth-order valence-corrected chi connectivity index (χ4v) is 1.46. The Morgan fingerprint density at radius 2 is 2.28 bits per heavy atom. The van der Waals surface area contributed by atoms with Gasteiger partial charge in [0.05, 0.1) is 18.0 Å². The van der Waals surface area contributed by atoms with Crippen molar-refractivity contribution in [3.8, 4) is 0 Å². The first-order valence-corrected chi connectivity index (χ1v) is 5.60. The number of nitrogens with zero attached hydrogens (tertiary/aromatic N) is 4. The molecule has 0 saturated heterocycles. The van der Waals surface area contributed by atoms with Gasteiger partial charge in [0.25, 0.3) is 5.91 Å². The van der Waals surface area contributed by atoms with Crippen LogP contribution in [0.5, 0.6) is 0 Å². The minimum Gasteiger partial charge on any atom is -0.409 e. The lowest BCUT2D eigenvalue weighted by molar-refractivity contribution is 0.0710. The van der Waals surface area contributed by atoms with E-state index in [4.69, 9.17) is 10.9 Å². The molecule has 0 spiro atoms. The largest absolute Gasteiger partial charge is 0.409 e. The average molecular weight is 251 g/mol. The molecule has 3 N–H and O–H groups in total. The number of carbonyl (C=O) groups excluding carboxylic acids is 1. The minimum atomic E-state index is -0.148. The molecule has 0 atom stereocenters. The molecule has 0 aromatic carbocycles. The summed E-state index contributed by atoms with van der Waals surface area (Å²) in [7, 11) is 0. The van der Waals surface area contributed by atoms with Crippen molar-refractivity contribution in [3.05, 3.63) is 24.0 Å². The third-order valence-corrected chi connectivity index (χ3v) is 2.45. The van der Waals surface area contributed by atoms with Crippen LogP contribution in [0.25, 0.3) is 0 Å². The molecule has 0 aliphatic heterocycles. The summed E-state index contributed by atoms with van der Waals surface area (Å²) in [5.41, 5.74) is 5.87. The van der Waals surface area contributed by atoms with Crippen LogP contribution in [-0.4, -0.2) is 44.6 Å². The van der Waals surface area contributed by atoms with E-state index in [2.05, 4.69) is 15.4 Å². The van der Waals surface area contributed by atoms with Crippen LogP contribution >= 0.6 is 0 Å². The van der Waals surface area contributed by atoms with Crippen molar-refractivity contribution < 1.29 is 10.0 Å². The second-order valence-electron chi connectivity index (χ2n) is 4.06. The molecule has 1 amide bonds. The maximum Gasteiger partial charge on any atom is 0.255 e. The zero-order chi connectivity index (χ0) is 13.5. The summed E-state index contributed by atoms with van der Waals surface area (Å²) in [5, 5.41) is 18.7. The van der Waals surface area contributed by atoms with Gasteiger partial charge in [-0.25, -0.2) is 0 Å². The molecule has 1 rings (SSSR count). The molecule has 7 nitrogen and oxygen atoms in total. The van der Waals surface area contributed by atoms with Crippen molar-refractivity contribution in [2.24, 2.45) is 10.9 Å². The predicted molar refractivity (Wildman–Crippen MR) is 66.2 cm³/mol. The van der Waals surface area contributed by atoms with E-state index in [1.54, 1.807) is 11.0 Å². The number of amides is 1. The standard InChI is InChI=1S/C11H17N5O2/c1-8(2)16(6-4-10(12)15-18)11(17)9-3-5-13-14-7-9/h3,5,7-8,18H,4,6H2,1-2H3,(H2,12,15). The van der Waals surface area contributed by atoms with Gasteiger partial charge in [0.1, 0.15) is 5.84 Å². The highest BCUT2D eigenvalue weighted by atomic mass is 16.4. The average Bonchev–Trinajstić information content (AvgIpc) is 2.39. The van der Waals surface area contributed by atoms with E-state index in [9.17, 15) is 4.79 Å². The van der Waals surface area contributed by atoms with Gasteiger partial charge in [-0.05, 0) is 19.9 Å². The summed E-state index contributed by atoms with van der Waals surface area (Å²) in [6.07, 6.45) is 3.20. The van der Waals surface area contributed by atoms with Crippen molar-refractivity contribution in [2.45, 2.75) is 26.3 Å². The fraction of sp³-hybridized carbons (Fsp3) is 0.455. The third-order valence-electron chi connectivity index (χ3n) is 2.45. The smallest absolute Gasteiger partial charge is 0.255 e. The quantitative estimate of drug-likeness (QED) is 0.342. The highest BCUT2D eigenvalue weighted by Crippen LogP contribution is 2.07. The molecule has 1 aromatic heterocycles.